The minimum absolute atomic E-state index is 0.203. The average molecular weight is 429 g/mol. The molecule has 0 aliphatic rings. The molecule has 0 saturated carbocycles. The fraction of sp³-hybridized carbons (Fsp3) is 0.412. The molecule has 5 nitrogen and oxygen atoms in total. The molecule has 23 heavy (non-hydrogen) atoms. The third-order valence-corrected chi connectivity index (χ3v) is 4.02. The predicted molar refractivity (Wildman–Crippen MR) is 96.8 cm³/mol. The van der Waals surface area contributed by atoms with E-state index in [0.29, 0.717) is 9.09 Å². The SMILES string of the molecule is CC(C)OC(=O)c1c(I)c2ccccc2n1C(=O)OC(C)(C)C. The van der Waals surface area contributed by atoms with Crippen molar-refractivity contribution in [2.24, 2.45) is 0 Å². The number of hydrogen-bond donors (Lipinski definition) is 0. The summed E-state index contributed by atoms with van der Waals surface area (Å²) in [5.41, 5.74) is 0.171. The number of ether oxygens (including phenoxy) is 2. The number of carbonyl (C=O) groups excluding carboxylic acids is 2. The molecule has 0 aliphatic carbocycles. The number of rotatable bonds is 2. The van der Waals surface area contributed by atoms with Gasteiger partial charge in [0.05, 0.1) is 15.2 Å². The van der Waals surface area contributed by atoms with Gasteiger partial charge in [0.25, 0.3) is 0 Å². The molecule has 0 spiro atoms. The number of benzene rings is 1. The van der Waals surface area contributed by atoms with Crippen LogP contribution in [0.5, 0.6) is 0 Å². The molecule has 2 rings (SSSR count). The second kappa shape index (κ2) is 6.51. The van der Waals surface area contributed by atoms with Crippen molar-refractivity contribution in [2.45, 2.75) is 46.3 Å². The Hall–Kier alpha value is -1.57. The Morgan fingerprint density at radius 3 is 2.35 bits per heavy atom. The van der Waals surface area contributed by atoms with Gasteiger partial charge in [0.1, 0.15) is 5.60 Å². The topological polar surface area (TPSA) is 57.5 Å². The fourth-order valence-electron chi connectivity index (χ4n) is 2.15. The van der Waals surface area contributed by atoms with E-state index in [0.717, 1.165) is 5.39 Å². The highest BCUT2D eigenvalue weighted by molar-refractivity contribution is 14.1. The summed E-state index contributed by atoms with van der Waals surface area (Å²) in [6.07, 6.45) is -0.865. The van der Waals surface area contributed by atoms with Crippen LogP contribution in [0.15, 0.2) is 24.3 Å². The highest BCUT2D eigenvalue weighted by Gasteiger charge is 2.29. The van der Waals surface area contributed by atoms with Crippen LogP contribution in [0, 0.1) is 3.57 Å². The maximum absolute atomic E-state index is 12.6. The first-order chi connectivity index (χ1) is 10.6. The Kier molecular flexibility index (Phi) is 5.03. The van der Waals surface area contributed by atoms with Gasteiger partial charge in [-0.2, -0.15) is 0 Å². The van der Waals surface area contributed by atoms with Crippen LogP contribution in [-0.2, 0) is 9.47 Å². The van der Waals surface area contributed by atoms with Crippen molar-refractivity contribution in [1.82, 2.24) is 4.57 Å². The van der Waals surface area contributed by atoms with Crippen LogP contribution in [0.2, 0.25) is 0 Å². The summed E-state index contributed by atoms with van der Waals surface area (Å²) >= 11 is 2.06. The minimum Gasteiger partial charge on any atom is -0.458 e. The fourth-order valence-corrected chi connectivity index (χ4v) is 3.07. The molecule has 0 N–H and O–H groups in total. The van der Waals surface area contributed by atoms with Crippen molar-refractivity contribution in [3.8, 4) is 0 Å². The van der Waals surface area contributed by atoms with E-state index >= 15 is 0 Å². The quantitative estimate of drug-likeness (QED) is 0.518. The van der Waals surface area contributed by atoms with Gasteiger partial charge >= 0.3 is 12.1 Å². The summed E-state index contributed by atoms with van der Waals surface area (Å²) in [5, 5.41) is 0.815. The maximum atomic E-state index is 12.6. The van der Waals surface area contributed by atoms with Gasteiger partial charge < -0.3 is 9.47 Å². The summed E-state index contributed by atoms with van der Waals surface area (Å²) in [6, 6.07) is 7.33. The van der Waals surface area contributed by atoms with Gasteiger partial charge in [-0.25, -0.2) is 14.2 Å². The molecule has 0 atom stereocenters. The lowest BCUT2D eigenvalue weighted by molar-refractivity contribution is 0.0339. The van der Waals surface area contributed by atoms with Crippen molar-refractivity contribution in [3.63, 3.8) is 0 Å². The van der Waals surface area contributed by atoms with Gasteiger partial charge in [0.2, 0.25) is 0 Å². The van der Waals surface area contributed by atoms with Crippen molar-refractivity contribution in [1.29, 1.82) is 0 Å². The molecule has 0 fully saturated rings. The normalized spacial score (nSPS) is 11.8. The number of fused-ring (bicyclic) bond motifs is 1. The standard InChI is InChI=1S/C17H20INO4/c1-10(2)22-15(20)14-13(18)11-8-6-7-9-12(11)19(14)16(21)23-17(3,4)5/h6-10H,1-5H3. The zero-order chi connectivity index (χ0) is 17.4. The van der Waals surface area contributed by atoms with E-state index in [4.69, 9.17) is 9.47 Å². The number of halogens is 1. The van der Waals surface area contributed by atoms with Crippen LogP contribution in [0.25, 0.3) is 10.9 Å². The zero-order valence-electron chi connectivity index (χ0n) is 13.8. The number of hydrogen-bond acceptors (Lipinski definition) is 4. The van der Waals surface area contributed by atoms with E-state index < -0.39 is 17.7 Å². The second-order valence-electron chi connectivity index (χ2n) is 6.45. The van der Waals surface area contributed by atoms with Crippen molar-refractivity contribution >= 4 is 45.6 Å². The van der Waals surface area contributed by atoms with E-state index in [9.17, 15) is 9.59 Å². The van der Waals surface area contributed by atoms with Crippen LogP contribution in [0.1, 0.15) is 45.1 Å². The van der Waals surface area contributed by atoms with E-state index in [2.05, 4.69) is 22.6 Å². The lowest BCUT2D eigenvalue weighted by Gasteiger charge is -2.21. The zero-order valence-corrected chi connectivity index (χ0v) is 16.0. The van der Waals surface area contributed by atoms with E-state index in [1.54, 1.807) is 40.7 Å². The second-order valence-corrected chi connectivity index (χ2v) is 7.53. The molecular weight excluding hydrogens is 409 g/mol. The van der Waals surface area contributed by atoms with Gasteiger partial charge in [-0.1, -0.05) is 18.2 Å². The summed E-state index contributed by atoms with van der Waals surface area (Å²) in [4.78, 5) is 25.1. The predicted octanol–water partition coefficient (Wildman–Crippen LogP) is 4.59. The number of carbonyl (C=O) groups is 2. The lowest BCUT2D eigenvalue weighted by atomic mass is 10.2. The van der Waals surface area contributed by atoms with Gasteiger partial charge in [0, 0.05) is 5.39 Å². The van der Waals surface area contributed by atoms with Crippen LogP contribution in [0.4, 0.5) is 4.79 Å². The van der Waals surface area contributed by atoms with Crippen LogP contribution in [0.3, 0.4) is 0 Å². The molecule has 0 unspecified atom stereocenters. The number of para-hydroxylation sites is 1. The third kappa shape index (κ3) is 3.85. The molecular formula is C17H20INO4. The van der Waals surface area contributed by atoms with Crippen molar-refractivity contribution in [2.75, 3.05) is 0 Å². The van der Waals surface area contributed by atoms with Gasteiger partial charge in [0.15, 0.2) is 5.69 Å². The van der Waals surface area contributed by atoms with Crippen molar-refractivity contribution in [3.05, 3.63) is 33.5 Å². The largest absolute Gasteiger partial charge is 0.458 e. The van der Waals surface area contributed by atoms with Crippen LogP contribution in [-0.4, -0.2) is 28.3 Å². The lowest BCUT2D eigenvalue weighted by Crippen LogP contribution is -2.29. The summed E-state index contributed by atoms with van der Waals surface area (Å²) in [5.74, 6) is -0.536. The van der Waals surface area contributed by atoms with E-state index in [1.165, 1.54) is 4.57 Å². The van der Waals surface area contributed by atoms with Gasteiger partial charge in [-0.05, 0) is 63.3 Å². The highest BCUT2D eigenvalue weighted by atomic mass is 127. The van der Waals surface area contributed by atoms with Gasteiger partial charge in [-0.3, -0.25) is 0 Å². The highest BCUT2D eigenvalue weighted by Crippen LogP contribution is 2.29. The molecule has 2 aromatic rings. The molecule has 0 saturated heterocycles. The number of aromatic nitrogens is 1. The number of esters is 1. The van der Waals surface area contributed by atoms with Crippen LogP contribution >= 0.6 is 22.6 Å². The molecule has 1 aromatic carbocycles. The monoisotopic (exact) mass is 429 g/mol. The Labute approximate surface area is 149 Å². The van der Waals surface area contributed by atoms with Crippen LogP contribution < -0.4 is 0 Å². The molecule has 1 heterocycles. The Balaban J connectivity index is 2.65. The minimum atomic E-state index is -0.660. The van der Waals surface area contributed by atoms with E-state index in [1.807, 2.05) is 18.2 Å². The first-order valence-corrected chi connectivity index (χ1v) is 8.43. The maximum Gasteiger partial charge on any atom is 0.419 e. The summed E-state index contributed by atoms with van der Waals surface area (Å²) in [7, 11) is 0. The summed E-state index contributed by atoms with van der Waals surface area (Å²) in [6.45, 7) is 8.89. The van der Waals surface area contributed by atoms with E-state index in [-0.39, 0.29) is 11.8 Å². The molecule has 6 heteroatoms. The summed E-state index contributed by atoms with van der Waals surface area (Å²) < 4.78 is 12.7. The smallest absolute Gasteiger partial charge is 0.419 e. The van der Waals surface area contributed by atoms with Crippen molar-refractivity contribution < 1.29 is 19.1 Å². The molecule has 0 bridgehead atoms. The van der Waals surface area contributed by atoms with Gasteiger partial charge in [-0.15, -0.1) is 0 Å². The third-order valence-electron chi connectivity index (χ3n) is 2.93. The molecule has 0 aliphatic heterocycles. The molecule has 1 aromatic heterocycles. The number of nitrogens with zero attached hydrogens (tertiary/aromatic N) is 1. The first-order valence-electron chi connectivity index (χ1n) is 7.35. The average Bonchev–Trinajstić information content (AvgIpc) is 2.70. The first kappa shape index (κ1) is 17.8. The molecule has 0 radical (unpaired) electrons. The molecule has 0 amide bonds. The Morgan fingerprint density at radius 1 is 1.17 bits per heavy atom. The molecule has 124 valence electrons. The Bertz CT molecular complexity index is 756. The Morgan fingerprint density at radius 2 is 1.78 bits per heavy atom.